The highest BCUT2D eigenvalue weighted by Crippen LogP contribution is 2.40. The molecule has 2 heterocycles. The molecule has 8 heteroatoms. The topological polar surface area (TPSA) is 89.9 Å². The van der Waals surface area contributed by atoms with Crippen molar-refractivity contribution in [1.82, 2.24) is 19.7 Å². The predicted molar refractivity (Wildman–Crippen MR) is 104 cm³/mol. The number of H-pyrrole nitrogens is 1. The maximum absolute atomic E-state index is 12.8. The predicted octanol–water partition coefficient (Wildman–Crippen LogP) is 3.83. The number of thioether (sulfide) groups is 1. The Kier molecular flexibility index (Phi) is 5.74. The second-order valence-corrected chi connectivity index (χ2v) is 8.10. The van der Waals surface area contributed by atoms with E-state index in [4.69, 9.17) is 4.74 Å². The lowest BCUT2D eigenvalue weighted by molar-refractivity contribution is 0.0519. The number of carbonyl (C=O) groups is 2. The molecule has 0 aromatic carbocycles. The third-order valence-corrected chi connectivity index (χ3v) is 5.59. The van der Waals surface area contributed by atoms with Crippen LogP contribution in [0, 0.1) is 13.8 Å². The van der Waals surface area contributed by atoms with E-state index in [1.165, 1.54) is 11.8 Å². The first kappa shape index (κ1) is 19.7. The monoisotopic (exact) mass is 390 g/mol. The van der Waals surface area contributed by atoms with Gasteiger partial charge in [0.2, 0.25) is 0 Å². The molecule has 1 saturated carbocycles. The van der Waals surface area contributed by atoms with Crippen LogP contribution in [0.15, 0.2) is 5.16 Å². The van der Waals surface area contributed by atoms with Crippen molar-refractivity contribution < 1.29 is 14.3 Å². The molecule has 0 bridgehead atoms. The molecular formula is C19H26N4O3S. The first-order valence-corrected chi connectivity index (χ1v) is 10.3. The van der Waals surface area contributed by atoms with Crippen LogP contribution >= 0.6 is 11.8 Å². The lowest BCUT2D eigenvalue weighted by Crippen LogP contribution is -2.09. The van der Waals surface area contributed by atoms with E-state index in [0.717, 1.165) is 23.8 Å². The van der Waals surface area contributed by atoms with Crippen LogP contribution in [0.3, 0.4) is 0 Å². The summed E-state index contributed by atoms with van der Waals surface area (Å²) in [5.41, 5.74) is 2.24. The summed E-state index contributed by atoms with van der Waals surface area (Å²) >= 11 is 1.41. The molecule has 7 nitrogen and oxygen atoms in total. The molecule has 2 aromatic rings. The van der Waals surface area contributed by atoms with Gasteiger partial charge in [-0.05, 0) is 39.2 Å². The zero-order valence-corrected chi connectivity index (χ0v) is 17.3. The molecule has 1 N–H and O–H groups in total. The summed E-state index contributed by atoms with van der Waals surface area (Å²) in [5, 5.41) is 9.43. The molecule has 3 rings (SSSR count). The number of hydrogen-bond acceptors (Lipinski definition) is 6. The number of nitrogens with zero attached hydrogens (tertiary/aromatic N) is 3. The average Bonchev–Trinajstić information content (AvgIpc) is 3.28. The van der Waals surface area contributed by atoms with E-state index in [2.05, 4.69) is 33.6 Å². The van der Waals surface area contributed by atoms with Crippen LogP contribution in [0.5, 0.6) is 0 Å². The molecule has 0 aliphatic heterocycles. The smallest absolute Gasteiger partial charge is 0.355 e. The van der Waals surface area contributed by atoms with Gasteiger partial charge in [-0.25, -0.2) is 4.79 Å². The number of ether oxygens (including phenoxy) is 1. The molecule has 0 saturated heterocycles. The Morgan fingerprint density at radius 3 is 2.59 bits per heavy atom. The van der Waals surface area contributed by atoms with Gasteiger partial charge < -0.3 is 14.3 Å². The van der Waals surface area contributed by atoms with Crippen molar-refractivity contribution in [2.75, 3.05) is 12.4 Å². The minimum atomic E-state index is -0.431. The van der Waals surface area contributed by atoms with E-state index >= 15 is 0 Å². The maximum Gasteiger partial charge on any atom is 0.355 e. The van der Waals surface area contributed by atoms with E-state index in [1.54, 1.807) is 20.8 Å². The largest absolute Gasteiger partial charge is 0.461 e. The summed E-state index contributed by atoms with van der Waals surface area (Å²) in [5.74, 6) is 1.07. The molecule has 1 aliphatic rings. The Hall–Kier alpha value is -2.09. The standard InChI is InChI=1S/C19H26N4O3S/c1-6-26-18(25)16-11(4)15(12(5)20-16)14(24)9-27-19-22-21-17(10(2)3)23(19)13-7-8-13/h10,13,20H,6-9H2,1-5H3. The van der Waals surface area contributed by atoms with Gasteiger partial charge in [-0.1, -0.05) is 25.6 Å². The molecule has 2 aromatic heterocycles. The lowest BCUT2D eigenvalue weighted by atomic mass is 10.1. The Balaban J connectivity index is 1.77. The van der Waals surface area contributed by atoms with Crippen molar-refractivity contribution >= 4 is 23.5 Å². The number of nitrogens with one attached hydrogen (secondary N) is 1. The number of carbonyl (C=O) groups excluding carboxylic acids is 2. The number of Topliss-reactive ketones (excluding diaryl/α,β-unsaturated/α-hetero) is 1. The van der Waals surface area contributed by atoms with E-state index < -0.39 is 5.97 Å². The number of esters is 1. The molecule has 27 heavy (non-hydrogen) atoms. The number of rotatable bonds is 8. The highest BCUT2D eigenvalue weighted by molar-refractivity contribution is 7.99. The van der Waals surface area contributed by atoms with Crippen molar-refractivity contribution in [3.05, 3.63) is 28.3 Å². The lowest BCUT2D eigenvalue weighted by Gasteiger charge is -2.10. The zero-order valence-electron chi connectivity index (χ0n) is 16.5. The van der Waals surface area contributed by atoms with Gasteiger partial charge in [0.25, 0.3) is 0 Å². The molecule has 0 amide bonds. The molecule has 1 fully saturated rings. The van der Waals surface area contributed by atoms with Crippen molar-refractivity contribution in [2.45, 2.75) is 64.6 Å². The number of aromatic amines is 1. The molecule has 0 spiro atoms. The highest BCUT2D eigenvalue weighted by Gasteiger charge is 2.31. The number of ketones is 1. The Bertz CT molecular complexity index is 865. The third kappa shape index (κ3) is 3.95. The van der Waals surface area contributed by atoms with Gasteiger partial charge in [0.15, 0.2) is 10.9 Å². The Morgan fingerprint density at radius 1 is 1.30 bits per heavy atom. The minimum Gasteiger partial charge on any atom is -0.461 e. The van der Waals surface area contributed by atoms with Crippen molar-refractivity contribution in [3.8, 4) is 0 Å². The van der Waals surface area contributed by atoms with Crippen LogP contribution in [0.25, 0.3) is 0 Å². The van der Waals surface area contributed by atoms with Crippen molar-refractivity contribution in [2.24, 2.45) is 0 Å². The third-order valence-electron chi connectivity index (χ3n) is 4.65. The van der Waals surface area contributed by atoms with Crippen molar-refractivity contribution in [3.63, 3.8) is 0 Å². The summed E-state index contributed by atoms with van der Waals surface area (Å²) in [6.45, 7) is 9.84. The van der Waals surface area contributed by atoms with E-state index in [0.29, 0.717) is 41.1 Å². The fourth-order valence-electron chi connectivity index (χ4n) is 3.23. The van der Waals surface area contributed by atoms with Crippen LogP contribution in [-0.2, 0) is 4.74 Å². The van der Waals surface area contributed by atoms with Crippen LogP contribution in [0.4, 0.5) is 0 Å². The van der Waals surface area contributed by atoms with E-state index in [9.17, 15) is 9.59 Å². The molecule has 1 aliphatic carbocycles. The van der Waals surface area contributed by atoms with Crippen LogP contribution in [0.2, 0.25) is 0 Å². The highest BCUT2D eigenvalue weighted by atomic mass is 32.2. The summed E-state index contributed by atoms with van der Waals surface area (Å²) in [4.78, 5) is 27.9. The van der Waals surface area contributed by atoms with Gasteiger partial charge in [-0.2, -0.15) is 0 Å². The summed E-state index contributed by atoms with van der Waals surface area (Å²) in [6, 6.07) is 0.459. The second kappa shape index (κ2) is 7.88. The normalized spacial score (nSPS) is 14.0. The zero-order chi connectivity index (χ0) is 19.7. The number of aromatic nitrogens is 4. The summed E-state index contributed by atoms with van der Waals surface area (Å²) in [7, 11) is 0. The quantitative estimate of drug-likeness (QED) is 0.418. The molecule has 0 radical (unpaired) electrons. The van der Waals surface area contributed by atoms with Gasteiger partial charge in [0, 0.05) is 23.2 Å². The second-order valence-electron chi connectivity index (χ2n) is 7.15. The molecule has 0 unspecified atom stereocenters. The fourth-order valence-corrected chi connectivity index (χ4v) is 4.12. The van der Waals surface area contributed by atoms with Gasteiger partial charge >= 0.3 is 5.97 Å². The fraction of sp³-hybridized carbons (Fsp3) is 0.579. The maximum atomic E-state index is 12.8. The molecular weight excluding hydrogens is 364 g/mol. The number of hydrogen-bond donors (Lipinski definition) is 1. The Morgan fingerprint density at radius 2 is 2.00 bits per heavy atom. The Labute approximate surface area is 163 Å². The SMILES string of the molecule is CCOC(=O)c1[nH]c(C)c(C(=O)CSc2nnc(C(C)C)n2C2CC2)c1C. The molecule has 146 valence electrons. The van der Waals surface area contributed by atoms with Gasteiger partial charge in [0.05, 0.1) is 12.4 Å². The van der Waals surface area contributed by atoms with Crippen LogP contribution in [0.1, 0.15) is 83.5 Å². The average molecular weight is 391 g/mol. The van der Waals surface area contributed by atoms with Gasteiger partial charge in [-0.15, -0.1) is 10.2 Å². The van der Waals surface area contributed by atoms with Gasteiger partial charge in [0.1, 0.15) is 11.5 Å². The first-order chi connectivity index (χ1) is 12.8. The van der Waals surface area contributed by atoms with Crippen molar-refractivity contribution in [1.29, 1.82) is 0 Å². The van der Waals surface area contributed by atoms with Crippen LogP contribution < -0.4 is 0 Å². The van der Waals surface area contributed by atoms with Crippen LogP contribution in [-0.4, -0.2) is 43.9 Å². The summed E-state index contributed by atoms with van der Waals surface area (Å²) in [6.07, 6.45) is 2.27. The first-order valence-electron chi connectivity index (χ1n) is 9.32. The van der Waals surface area contributed by atoms with E-state index in [-0.39, 0.29) is 11.5 Å². The number of aryl methyl sites for hydroxylation is 1. The minimum absolute atomic E-state index is 0.0294. The summed E-state index contributed by atoms with van der Waals surface area (Å²) < 4.78 is 7.24. The molecule has 0 atom stereocenters. The van der Waals surface area contributed by atoms with Gasteiger partial charge in [-0.3, -0.25) is 4.79 Å². The van der Waals surface area contributed by atoms with E-state index in [1.807, 2.05) is 0 Å².